The predicted molar refractivity (Wildman–Crippen MR) is 55.3 cm³/mol. The number of hydrogen-bond donors (Lipinski definition) is 2. The Kier molecular flexibility index (Phi) is 3.01. The fraction of sp³-hybridized carbons (Fsp3) is 0.600. The van der Waals surface area contributed by atoms with Gasteiger partial charge >= 0.3 is 0 Å². The van der Waals surface area contributed by atoms with Crippen molar-refractivity contribution >= 4 is 5.91 Å². The van der Waals surface area contributed by atoms with Crippen LogP contribution in [0.3, 0.4) is 0 Å². The monoisotopic (exact) mass is 209 g/mol. The van der Waals surface area contributed by atoms with Crippen molar-refractivity contribution in [3.05, 3.63) is 18.2 Å². The van der Waals surface area contributed by atoms with Crippen LogP contribution in [0.2, 0.25) is 0 Å². The van der Waals surface area contributed by atoms with E-state index in [1.165, 1.54) is 0 Å². The molecule has 1 aliphatic heterocycles. The summed E-state index contributed by atoms with van der Waals surface area (Å²) < 4.78 is 0. The molecule has 0 spiro atoms. The van der Waals surface area contributed by atoms with Crippen molar-refractivity contribution in [2.45, 2.75) is 18.9 Å². The molecule has 15 heavy (non-hydrogen) atoms. The number of carbonyl (C=O) groups excluding carboxylic acids is 1. The maximum Gasteiger partial charge on any atom is 0.295 e. The second-order valence-corrected chi connectivity index (χ2v) is 4.06. The third-order valence-corrected chi connectivity index (χ3v) is 2.84. The minimum Gasteiger partial charge on any atom is -0.346 e. The number of aromatic nitrogens is 2. The molecule has 1 aromatic rings. The third kappa shape index (κ3) is 2.56. The average Bonchev–Trinajstić information content (AvgIpc) is 2.74. The quantitative estimate of drug-likeness (QED) is 0.699. The standard InChI is InChI=1S/C10H16N4O/c1-14-4-2-8(3-5-14)13-10(15)9-6-11-7-12-9/h6-8H,2-5H2,1H3,(H,11,12)(H,13,15)/p+1. The average molecular weight is 209 g/mol. The Morgan fingerprint density at radius 2 is 2.33 bits per heavy atom. The van der Waals surface area contributed by atoms with Crippen LogP contribution in [0.4, 0.5) is 0 Å². The summed E-state index contributed by atoms with van der Waals surface area (Å²) in [4.78, 5) is 19.6. The molecule has 1 aliphatic rings. The molecule has 5 nitrogen and oxygen atoms in total. The topological polar surface area (TPSA) is 62.3 Å². The zero-order valence-electron chi connectivity index (χ0n) is 8.92. The minimum absolute atomic E-state index is 0.0224. The summed E-state index contributed by atoms with van der Waals surface area (Å²) >= 11 is 0. The smallest absolute Gasteiger partial charge is 0.295 e. The van der Waals surface area contributed by atoms with Crippen LogP contribution >= 0.6 is 0 Å². The minimum atomic E-state index is -0.0224. The molecule has 1 saturated heterocycles. The maximum atomic E-state index is 11.7. The SMILES string of the molecule is CN1CCC(NC(=O)c2c[nH+]c[nH]2)CC1. The largest absolute Gasteiger partial charge is 0.346 e. The molecule has 1 amide bonds. The van der Waals surface area contributed by atoms with Crippen LogP contribution in [0.15, 0.2) is 12.5 Å². The molecule has 1 aromatic heterocycles. The van der Waals surface area contributed by atoms with E-state index in [9.17, 15) is 4.79 Å². The van der Waals surface area contributed by atoms with E-state index in [-0.39, 0.29) is 5.91 Å². The summed E-state index contributed by atoms with van der Waals surface area (Å²) in [5, 5.41) is 3.02. The van der Waals surface area contributed by atoms with Gasteiger partial charge in [0.25, 0.3) is 5.91 Å². The first-order valence-corrected chi connectivity index (χ1v) is 5.29. The van der Waals surface area contributed by atoms with E-state index < -0.39 is 0 Å². The molecular weight excluding hydrogens is 192 g/mol. The number of H-pyrrole nitrogens is 2. The lowest BCUT2D eigenvalue weighted by Gasteiger charge is -2.29. The van der Waals surface area contributed by atoms with E-state index in [0.717, 1.165) is 25.9 Å². The van der Waals surface area contributed by atoms with E-state index in [2.05, 4.69) is 27.2 Å². The summed E-state index contributed by atoms with van der Waals surface area (Å²) in [6.45, 7) is 2.11. The van der Waals surface area contributed by atoms with E-state index in [4.69, 9.17) is 0 Å². The van der Waals surface area contributed by atoms with Crippen molar-refractivity contribution in [1.82, 2.24) is 15.2 Å². The first-order chi connectivity index (χ1) is 7.25. The van der Waals surface area contributed by atoms with Crippen LogP contribution < -0.4 is 10.3 Å². The van der Waals surface area contributed by atoms with Crippen LogP contribution in [-0.4, -0.2) is 42.0 Å². The van der Waals surface area contributed by atoms with Gasteiger partial charge in [-0.3, -0.25) is 4.79 Å². The van der Waals surface area contributed by atoms with Gasteiger partial charge in [0.05, 0.1) is 0 Å². The van der Waals surface area contributed by atoms with Gasteiger partial charge in [0.1, 0.15) is 6.20 Å². The summed E-state index contributed by atoms with van der Waals surface area (Å²) in [6, 6.07) is 0.317. The predicted octanol–water partition coefficient (Wildman–Crippen LogP) is -0.347. The molecule has 0 unspecified atom stereocenters. The number of nitrogens with one attached hydrogen (secondary N) is 3. The van der Waals surface area contributed by atoms with Crippen molar-refractivity contribution in [3.63, 3.8) is 0 Å². The lowest BCUT2D eigenvalue weighted by molar-refractivity contribution is -0.375. The van der Waals surface area contributed by atoms with Gasteiger partial charge in [-0.25, -0.2) is 9.97 Å². The molecule has 3 N–H and O–H groups in total. The molecule has 0 aliphatic carbocycles. The Bertz CT molecular complexity index is 314. The normalized spacial score (nSPS) is 19.0. The summed E-state index contributed by atoms with van der Waals surface area (Å²) in [5.41, 5.74) is 0.592. The fourth-order valence-corrected chi connectivity index (χ4v) is 1.83. The van der Waals surface area contributed by atoms with Gasteiger partial charge in [-0.05, 0) is 33.0 Å². The van der Waals surface area contributed by atoms with Crippen LogP contribution in [0.25, 0.3) is 0 Å². The Balaban J connectivity index is 1.85. The molecule has 0 saturated carbocycles. The maximum absolute atomic E-state index is 11.7. The van der Waals surface area contributed by atoms with Gasteiger partial charge in [0.2, 0.25) is 12.0 Å². The van der Waals surface area contributed by atoms with Crippen molar-refractivity contribution in [3.8, 4) is 0 Å². The first-order valence-electron chi connectivity index (χ1n) is 5.29. The molecule has 0 atom stereocenters. The highest BCUT2D eigenvalue weighted by Gasteiger charge is 2.20. The molecule has 2 rings (SSSR count). The number of nitrogens with zero attached hydrogens (tertiary/aromatic N) is 1. The second kappa shape index (κ2) is 4.44. The van der Waals surface area contributed by atoms with Crippen molar-refractivity contribution in [2.75, 3.05) is 20.1 Å². The van der Waals surface area contributed by atoms with Crippen molar-refractivity contribution in [1.29, 1.82) is 0 Å². The van der Waals surface area contributed by atoms with Gasteiger partial charge in [-0.15, -0.1) is 0 Å². The molecule has 0 bridgehead atoms. The van der Waals surface area contributed by atoms with Crippen molar-refractivity contribution in [2.24, 2.45) is 0 Å². The molecule has 5 heteroatoms. The van der Waals surface area contributed by atoms with Gasteiger partial charge in [-0.2, -0.15) is 0 Å². The van der Waals surface area contributed by atoms with Crippen molar-refractivity contribution < 1.29 is 9.78 Å². The number of hydrogen-bond acceptors (Lipinski definition) is 2. The number of aromatic amines is 2. The zero-order valence-corrected chi connectivity index (χ0v) is 8.92. The molecule has 2 heterocycles. The van der Waals surface area contributed by atoms with Gasteiger partial charge in [0.15, 0.2) is 0 Å². The van der Waals surface area contributed by atoms with Gasteiger partial charge in [-0.1, -0.05) is 0 Å². The lowest BCUT2D eigenvalue weighted by Crippen LogP contribution is -2.43. The van der Waals surface area contributed by atoms with E-state index in [1.54, 1.807) is 12.5 Å². The number of carbonyl (C=O) groups is 1. The fourth-order valence-electron chi connectivity index (χ4n) is 1.83. The Morgan fingerprint density at radius 1 is 1.60 bits per heavy atom. The first kappa shape index (κ1) is 10.2. The number of likely N-dealkylation sites (tertiary alicyclic amines) is 1. The highest BCUT2D eigenvalue weighted by molar-refractivity contribution is 5.91. The third-order valence-electron chi connectivity index (χ3n) is 2.84. The highest BCUT2D eigenvalue weighted by atomic mass is 16.1. The number of amides is 1. The zero-order chi connectivity index (χ0) is 10.7. The number of piperidine rings is 1. The Morgan fingerprint density at radius 3 is 2.93 bits per heavy atom. The molecule has 0 radical (unpaired) electrons. The van der Waals surface area contributed by atoms with Crippen LogP contribution in [0.5, 0.6) is 0 Å². The van der Waals surface area contributed by atoms with E-state index in [0.29, 0.717) is 11.7 Å². The highest BCUT2D eigenvalue weighted by Crippen LogP contribution is 2.08. The van der Waals surface area contributed by atoms with Crippen LogP contribution in [0.1, 0.15) is 23.3 Å². The van der Waals surface area contributed by atoms with Crippen LogP contribution in [0, 0.1) is 0 Å². The Hall–Kier alpha value is -1.36. The molecular formula is C10H17N4O+. The van der Waals surface area contributed by atoms with E-state index in [1.807, 2.05) is 0 Å². The number of rotatable bonds is 2. The Labute approximate surface area is 88.9 Å². The summed E-state index contributed by atoms with van der Waals surface area (Å²) in [6.07, 6.45) is 5.38. The number of imidazole rings is 1. The van der Waals surface area contributed by atoms with E-state index >= 15 is 0 Å². The van der Waals surface area contributed by atoms with Gasteiger partial charge < -0.3 is 10.2 Å². The summed E-state index contributed by atoms with van der Waals surface area (Å²) in [7, 11) is 2.11. The lowest BCUT2D eigenvalue weighted by atomic mass is 10.1. The second-order valence-electron chi connectivity index (χ2n) is 4.06. The van der Waals surface area contributed by atoms with Crippen LogP contribution in [-0.2, 0) is 0 Å². The molecule has 0 aromatic carbocycles. The molecule has 1 fully saturated rings. The molecule has 82 valence electrons. The van der Waals surface area contributed by atoms with Gasteiger partial charge in [0, 0.05) is 6.04 Å². The summed E-state index contributed by atoms with van der Waals surface area (Å²) in [5.74, 6) is -0.0224.